The lowest BCUT2D eigenvalue weighted by Crippen LogP contribution is -1.94. The van der Waals surface area contributed by atoms with Crippen LogP contribution in [-0.2, 0) is 0 Å². The Morgan fingerprint density at radius 3 is 1.64 bits per heavy atom. The fourth-order valence-electron chi connectivity index (χ4n) is 1.41. The first kappa shape index (κ1) is 10.8. The van der Waals surface area contributed by atoms with Gasteiger partial charge in [-0.1, -0.05) is 33.8 Å². The highest BCUT2D eigenvalue weighted by Crippen LogP contribution is 2.22. The number of nitriles is 1. The van der Waals surface area contributed by atoms with Gasteiger partial charge >= 0.3 is 0 Å². The molecular weight excluding hydrogens is 170 g/mol. The molecule has 14 heavy (non-hydrogen) atoms. The van der Waals surface area contributed by atoms with Gasteiger partial charge < -0.3 is 0 Å². The van der Waals surface area contributed by atoms with E-state index in [9.17, 15) is 0 Å². The molecule has 0 fully saturated rings. The van der Waals surface area contributed by atoms with E-state index in [1.165, 1.54) is 11.1 Å². The lowest BCUT2D eigenvalue weighted by atomic mass is 9.93. The SMILES string of the molecule is CC(C)c1cc(C#N)cc(C(C)C)c1. The van der Waals surface area contributed by atoms with Crippen LogP contribution in [0.4, 0.5) is 0 Å². The zero-order valence-electron chi connectivity index (χ0n) is 9.33. The summed E-state index contributed by atoms with van der Waals surface area (Å²) in [6, 6.07) is 8.39. The molecule has 1 rings (SSSR count). The van der Waals surface area contributed by atoms with Gasteiger partial charge in [-0.2, -0.15) is 5.26 Å². The lowest BCUT2D eigenvalue weighted by molar-refractivity contribution is 0.833. The van der Waals surface area contributed by atoms with Crippen LogP contribution in [0.15, 0.2) is 18.2 Å². The molecule has 1 nitrogen and oxygen atoms in total. The van der Waals surface area contributed by atoms with Crippen LogP contribution in [0.3, 0.4) is 0 Å². The van der Waals surface area contributed by atoms with Gasteiger partial charge in [0.05, 0.1) is 11.6 Å². The second kappa shape index (κ2) is 4.28. The van der Waals surface area contributed by atoms with Crippen molar-refractivity contribution in [1.82, 2.24) is 0 Å². The van der Waals surface area contributed by atoms with Crippen LogP contribution in [0, 0.1) is 11.3 Å². The largest absolute Gasteiger partial charge is 0.192 e. The molecule has 1 heteroatoms. The first-order valence-corrected chi connectivity index (χ1v) is 5.09. The average molecular weight is 187 g/mol. The van der Waals surface area contributed by atoms with E-state index in [0.29, 0.717) is 11.8 Å². The Morgan fingerprint density at radius 2 is 1.36 bits per heavy atom. The molecular formula is C13H17N. The summed E-state index contributed by atoms with van der Waals surface area (Å²) >= 11 is 0. The summed E-state index contributed by atoms with van der Waals surface area (Å²) in [7, 11) is 0. The molecule has 1 aromatic rings. The van der Waals surface area contributed by atoms with Crippen molar-refractivity contribution >= 4 is 0 Å². The van der Waals surface area contributed by atoms with Crippen molar-refractivity contribution in [2.75, 3.05) is 0 Å². The van der Waals surface area contributed by atoms with Crippen molar-refractivity contribution in [2.24, 2.45) is 0 Å². The Kier molecular flexibility index (Phi) is 3.30. The fourth-order valence-corrected chi connectivity index (χ4v) is 1.41. The Labute approximate surface area is 86.4 Å². The van der Waals surface area contributed by atoms with Crippen molar-refractivity contribution in [2.45, 2.75) is 39.5 Å². The van der Waals surface area contributed by atoms with E-state index in [4.69, 9.17) is 5.26 Å². The number of benzene rings is 1. The normalized spacial score (nSPS) is 10.6. The minimum absolute atomic E-state index is 0.487. The molecule has 0 bridgehead atoms. The molecule has 0 aliphatic rings. The van der Waals surface area contributed by atoms with E-state index < -0.39 is 0 Å². The average Bonchev–Trinajstić information content (AvgIpc) is 2.16. The van der Waals surface area contributed by atoms with Crippen LogP contribution >= 0.6 is 0 Å². The van der Waals surface area contributed by atoms with Crippen LogP contribution in [-0.4, -0.2) is 0 Å². The molecule has 0 amide bonds. The Balaban J connectivity index is 3.22. The maximum atomic E-state index is 8.90. The van der Waals surface area contributed by atoms with Crippen molar-refractivity contribution < 1.29 is 0 Å². The van der Waals surface area contributed by atoms with Gasteiger partial charge in [0.15, 0.2) is 0 Å². The van der Waals surface area contributed by atoms with Gasteiger partial charge in [0.25, 0.3) is 0 Å². The summed E-state index contributed by atoms with van der Waals surface area (Å²) in [5.41, 5.74) is 3.29. The number of rotatable bonds is 2. The highest BCUT2D eigenvalue weighted by atomic mass is 14.2. The standard InChI is InChI=1S/C13H17N/c1-9(2)12-5-11(8-14)6-13(7-12)10(3)4/h5-7,9-10H,1-4H3. The van der Waals surface area contributed by atoms with Gasteiger partial charge in [-0.3, -0.25) is 0 Å². The summed E-state index contributed by atoms with van der Waals surface area (Å²) < 4.78 is 0. The first-order valence-electron chi connectivity index (χ1n) is 5.09. The maximum absolute atomic E-state index is 8.90. The molecule has 0 atom stereocenters. The van der Waals surface area contributed by atoms with Gasteiger partial charge in [-0.05, 0) is 35.1 Å². The second-order valence-electron chi connectivity index (χ2n) is 4.31. The summed E-state index contributed by atoms with van der Waals surface area (Å²) in [5, 5.41) is 8.90. The predicted molar refractivity (Wildman–Crippen MR) is 59.3 cm³/mol. The van der Waals surface area contributed by atoms with Crippen molar-refractivity contribution in [1.29, 1.82) is 5.26 Å². The predicted octanol–water partition coefficient (Wildman–Crippen LogP) is 3.81. The third kappa shape index (κ3) is 2.35. The van der Waals surface area contributed by atoms with E-state index in [1.54, 1.807) is 0 Å². The van der Waals surface area contributed by atoms with Crippen molar-refractivity contribution in [3.8, 4) is 6.07 Å². The highest BCUT2D eigenvalue weighted by Gasteiger charge is 2.06. The molecule has 0 heterocycles. The molecule has 0 radical (unpaired) electrons. The van der Waals surface area contributed by atoms with Crippen LogP contribution < -0.4 is 0 Å². The van der Waals surface area contributed by atoms with Crippen LogP contribution in [0.25, 0.3) is 0 Å². The Bertz CT molecular complexity index is 330. The Hall–Kier alpha value is -1.29. The molecule has 0 aromatic heterocycles. The van der Waals surface area contributed by atoms with E-state index in [0.717, 1.165) is 5.56 Å². The number of hydrogen-bond donors (Lipinski definition) is 0. The zero-order chi connectivity index (χ0) is 10.7. The first-order chi connectivity index (χ1) is 6.54. The van der Waals surface area contributed by atoms with Crippen molar-refractivity contribution in [3.63, 3.8) is 0 Å². The number of nitrogens with zero attached hydrogens (tertiary/aromatic N) is 1. The molecule has 0 unspecified atom stereocenters. The monoisotopic (exact) mass is 187 g/mol. The molecule has 0 saturated heterocycles. The van der Waals surface area contributed by atoms with Gasteiger partial charge in [0.2, 0.25) is 0 Å². The molecule has 0 aliphatic carbocycles. The minimum Gasteiger partial charge on any atom is -0.192 e. The minimum atomic E-state index is 0.487. The van der Waals surface area contributed by atoms with E-state index in [-0.39, 0.29) is 0 Å². The second-order valence-corrected chi connectivity index (χ2v) is 4.31. The molecule has 74 valence electrons. The summed E-state index contributed by atoms with van der Waals surface area (Å²) in [6.45, 7) is 8.61. The highest BCUT2D eigenvalue weighted by molar-refractivity contribution is 5.39. The third-order valence-electron chi connectivity index (χ3n) is 2.44. The molecule has 0 aliphatic heterocycles. The van der Waals surface area contributed by atoms with Crippen LogP contribution in [0.2, 0.25) is 0 Å². The van der Waals surface area contributed by atoms with E-state index >= 15 is 0 Å². The van der Waals surface area contributed by atoms with Crippen molar-refractivity contribution in [3.05, 3.63) is 34.9 Å². The topological polar surface area (TPSA) is 23.8 Å². The quantitative estimate of drug-likeness (QED) is 0.690. The zero-order valence-corrected chi connectivity index (χ0v) is 9.33. The Morgan fingerprint density at radius 1 is 0.929 bits per heavy atom. The fraction of sp³-hybridized carbons (Fsp3) is 0.462. The summed E-state index contributed by atoms with van der Waals surface area (Å²) in [5.74, 6) is 0.974. The molecule has 0 saturated carbocycles. The van der Waals surface area contributed by atoms with Crippen LogP contribution in [0.1, 0.15) is 56.2 Å². The molecule has 1 aromatic carbocycles. The third-order valence-corrected chi connectivity index (χ3v) is 2.44. The molecule has 0 N–H and O–H groups in total. The summed E-state index contributed by atoms with van der Waals surface area (Å²) in [6.07, 6.45) is 0. The van der Waals surface area contributed by atoms with Gasteiger partial charge in [0, 0.05) is 0 Å². The van der Waals surface area contributed by atoms with E-state index in [2.05, 4.69) is 39.8 Å². The van der Waals surface area contributed by atoms with E-state index in [1.807, 2.05) is 12.1 Å². The van der Waals surface area contributed by atoms with Gasteiger partial charge in [-0.25, -0.2) is 0 Å². The molecule has 0 spiro atoms. The number of hydrogen-bond acceptors (Lipinski definition) is 1. The van der Waals surface area contributed by atoms with Gasteiger partial charge in [0.1, 0.15) is 0 Å². The van der Waals surface area contributed by atoms with Gasteiger partial charge in [-0.15, -0.1) is 0 Å². The summed E-state index contributed by atoms with van der Waals surface area (Å²) in [4.78, 5) is 0. The smallest absolute Gasteiger partial charge is 0.0991 e. The lowest BCUT2D eigenvalue weighted by Gasteiger charge is -2.11. The van der Waals surface area contributed by atoms with Crippen LogP contribution in [0.5, 0.6) is 0 Å². The maximum Gasteiger partial charge on any atom is 0.0991 e.